The topological polar surface area (TPSA) is 103 Å². The van der Waals surface area contributed by atoms with Gasteiger partial charge in [-0.25, -0.2) is 5.43 Å². The highest BCUT2D eigenvalue weighted by atomic mass is 79.9. The number of nitro groups is 1. The quantitative estimate of drug-likeness (QED) is 0.450. The fraction of sp³-hybridized carbons (Fsp3) is 0.125. The molecule has 8 nitrogen and oxygen atoms in total. The van der Waals surface area contributed by atoms with Gasteiger partial charge in [0.2, 0.25) is 5.75 Å². The van der Waals surface area contributed by atoms with E-state index in [-0.39, 0.29) is 11.4 Å². The summed E-state index contributed by atoms with van der Waals surface area (Å²) in [5.41, 5.74) is 2.86. The molecule has 0 spiro atoms. The number of benzene rings is 2. The number of hydrogen-bond donors (Lipinski definition) is 1. The number of nitrogens with one attached hydrogen (secondary N) is 1. The van der Waals surface area contributed by atoms with E-state index in [2.05, 4.69) is 26.5 Å². The van der Waals surface area contributed by atoms with Crippen molar-refractivity contribution in [1.82, 2.24) is 5.43 Å². The maximum Gasteiger partial charge on any atom is 0.311 e. The van der Waals surface area contributed by atoms with Gasteiger partial charge in [-0.1, -0.05) is 22.0 Å². The summed E-state index contributed by atoms with van der Waals surface area (Å²) in [5, 5.41) is 14.9. The first-order valence-corrected chi connectivity index (χ1v) is 7.75. The normalized spacial score (nSPS) is 10.5. The Hall–Kier alpha value is -2.94. The van der Waals surface area contributed by atoms with E-state index >= 15 is 0 Å². The summed E-state index contributed by atoms with van der Waals surface area (Å²) in [7, 11) is 2.74. The number of hydrazone groups is 1. The van der Waals surface area contributed by atoms with Gasteiger partial charge in [-0.2, -0.15) is 5.10 Å². The summed E-state index contributed by atoms with van der Waals surface area (Å²) in [4.78, 5) is 22.5. The molecule has 0 bridgehead atoms. The van der Waals surface area contributed by atoms with Gasteiger partial charge in [0.15, 0.2) is 0 Å². The van der Waals surface area contributed by atoms with Gasteiger partial charge in [0.05, 0.1) is 25.4 Å². The highest BCUT2D eigenvalue weighted by molar-refractivity contribution is 9.10. The Labute approximate surface area is 151 Å². The van der Waals surface area contributed by atoms with Gasteiger partial charge in [-0.15, -0.1) is 0 Å². The average molecular weight is 408 g/mol. The smallest absolute Gasteiger partial charge is 0.311 e. The number of methoxy groups -OCH3 is 2. The zero-order valence-corrected chi connectivity index (χ0v) is 14.9. The molecule has 0 heterocycles. The predicted octanol–water partition coefficient (Wildman–Crippen LogP) is 3.14. The molecule has 1 amide bonds. The minimum atomic E-state index is -0.574. The maximum absolute atomic E-state index is 12.0. The molecule has 0 aliphatic rings. The van der Waals surface area contributed by atoms with Crippen LogP contribution in [0.25, 0.3) is 0 Å². The predicted molar refractivity (Wildman–Crippen MR) is 95.4 cm³/mol. The number of carbonyl (C=O) groups is 1. The van der Waals surface area contributed by atoms with Crippen LogP contribution in [0.1, 0.15) is 15.9 Å². The van der Waals surface area contributed by atoms with E-state index < -0.39 is 10.8 Å². The molecule has 0 saturated carbocycles. The lowest BCUT2D eigenvalue weighted by atomic mass is 10.1. The van der Waals surface area contributed by atoms with Gasteiger partial charge >= 0.3 is 5.69 Å². The van der Waals surface area contributed by atoms with Gasteiger partial charge < -0.3 is 9.47 Å². The number of rotatable bonds is 6. The molecule has 1 N–H and O–H groups in total. The molecule has 0 saturated heterocycles. The standard InChI is InChI=1S/C16H14BrN3O5/c1-24-14-8-15(25-2)13(20(22)23)7-11(14)9-18-19-16(21)10-4-3-5-12(17)6-10/h3-9H,1-2H3,(H,19,21)/b18-9-. The first-order chi connectivity index (χ1) is 12.0. The highest BCUT2D eigenvalue weighted by Crippen LogP contribution is 2.33. The van der Waals surface area contributed by atoms with Crippen LogP contribution in [0.5, 0.6) is 11.5 Å². The fourth-order valence-corrected chi connectivity index (χ4v) is 2.40. The summed E-state index contributed by atoms with van der Waals surface area (Å²) >= 11 is 3.28. The van der Waals surface area contributed by atoms with E-state index in [1.165, 1.54) is 32.6 Å². The van der Waals surface area contributed by atoms with E-state index in [0.29, 0.717) is 16.9 Å². The molecule has 0 unspecified atom stereocenters. The molecule has 0 aromatic heterocycles. The minimum absolute atomic E-state index is 0.0668. The SMILES string of the molecule is COc1cc(OC)c([N+](=O)[O-])cc1/C=N\NC(=O)c1cccc(Br)c1. The number of nitrogens with zero attached hydrogens (tertiary/aromatic N) is 2. The van der Waals surface area contributed by atoms with Crippen molar-refractivity contribution in [3.05, 3.63) is 62.1 Å². The van der Waals surface area contributed by atoms with Gasteiger partial charge in [-0.3, -0.25) is 14.9 Å². The van der Waals surface area contributed by atoms with Crippen LogP contribution in [-0.4, -0.2) is 31.3 Å². The Morgan fingerprint density at radius 2 is 1.96 bits per heavy atom. The average Bonchev–Trinajstić information content (AvgIpc) is 2.60. The number of amides is 1. The van der Waals surface area contributed by atoms with Crippen molar-refractivity contribution < 1.29 is 19.2 Å². The van der Waals surface area contributed by atoms with E-state index in [4.69, 9.17) is 9.47 Å². The molecular weight excluding hydrogens is 394 g/mol. The lowest BCUT2D eigenvalue weighted by Gasteiger charge is -2.08. The zero-order valence-electron chi connectivity index (χ0n) is 13.4. The van der Waals surface area contributed by atoms with Gasteiger partial charge in [-0.05, 0) is 18.2 Å². The largest absolute Gasteiger partial charge is 0.496 e. The minimum Gasteiger partial charge on any atom is -0.496 e. The Balaban J connectivity index is 2.23. The van der Waals surface area contributed by atoms with Crippen LogP contribution in [0.3, 0.4) is 0 Å². The second-order valence-corrected chi connectivity index (χ2v) is 5.65. The summed E-state index contributed by atoms with van der Waals surface area (Å²) in [6.45, 7) is 0. The number of halogens is 1. The molecule has 9 heteroatoms. The molecule has 2 aromatic carbocycles. The van der Waals surface area contributed by atoms with Crippen LogP contribution in [0.2, 0.25) is 0 Å². The molecule has 0 aliphatic heterocycles. The Bertz CT molecular complexity index is 839. The Morgan fingerprint density at radius 3 is 2.56 bits per heavy atom. The third-order valence-corrected chi connectivity index (χ3v) is 3.68. The third kappa shape index (κ3) is 4.54. The summed E-state index contributed by atoms with van der Waals surface area (Å²) in [6.07, 6.45) is 1.27. The van der Waals surface area contributed by atoms with Crippen LogP contribution in [0, 0.1) is 10.1 Å². The van der Waals surface area contributed by atoms with Crippen molar-refractivity contribution in [3.8, 4) is 11.5 Å². The van der Waals surface area contributed by atoms with Crippen molar-refractivity contribution >= 4 is 33.7 Å². The van der Waals surface area contributed by atoms with E-state index in [1.54, 1.807) is 24.3 Å². The number of nitro benzene ring substituents is 1. The van der Waals surface area contributed by atoms with Crippen molar-refractivity contribution in [2.24, 2.45) is 5.10 Å². The lowest BCUT2D eigenvalue weighted by molar-refractivity contribution is -0.385. The van der Waals surface area contributed by atoms with Gasteiger partial charge in [0, 0.05) is 27.7 Å². The van der Waals surface area contributed by atoms with Crippen molar-refractivity contribution in [3.63, 3.8) is 0 Å². The van der Waals surface area contributed by atoms with Crippen LogP contribution >= 0.6 is 15.9 Å². The molecule has 2 rings (SSSR count). The molecule has 0 fully saturated rings. The van der Waals surface area contributed by atoms with Crippen LogP contribution in [-0.2, 0) is 0 Å². The maximum atomic E-state index is 12.0. The monoisotopic (exact) mass is 407 g/mol. The molecule has 0 atom stereocenters. The Morgan fingerprint density at radius 1 is 1.24 bits per heavy atom. The van der Waals surface area contributed by atoms with Crippen LogP contribution < -0.4 is 14.9 Å². The molecule has 130 valence electrons. The number of carbonyl (C=O) groups excluding carboxylic acids is 1. The first-order valence-electron chi connectivity index (χ1n) is 6.95. The van der Waals surface area contributed by atoms with E-state index in [9.17, 15) is 14.9 Å². The Kier molecular flexibility index (Phi) is 6.07. The highest BCUT2D eigenvalue weighted by Gasteiger charge is 2.18. The first kappa shape index (κ1) is 18.4. The third-order valence-electron chi connectivity index (χ3n) is 3.18. The molecular formula is C16H14BrN3O5. The van der Waals surface area contributed by atoms with Crippen LogP contribution in [0.4, 0.5) is 5.69 Å². The second-order valence-electron chi connectivity index (χ2n) is 4.73. The number of hydrogen-bond acceptors (Lipinski definition) is 6. The van der Waals surface area contributed by atoms with Gasteiger partial charge in [0.1, 0.15) is 5.75 Å². The number of ether oxygens (including phenoxy) is 2. The molecule has 0 radical (unpaired) electrons. The van der Waals surface area contributed by atoms with E-state index in [0.717, 1.165) is 4.47 Å². The van der Waals surface area contributed by atoms with Crippen molar-refractivity contribution in [1.29, 1.82) is 0 Å². The molecule has 25 heavy (non-hydrogen) atoms. The second kappa shape index (κ2) is 8.25. The van der Waals surface area contributed by atoms with E-state index in [1.807, 2.05) is 0 Å². The zero-order chi connectivity index (χ0) is 18.4. The lowest BCUT2D eigenvalue weighted by Crippen LogP contribution is -2.17. The summed E-state index contributed by atoms with van der Waals surface area (Å²) in [5.74, 6) is -0.0281. The van der Waals surface area contributed by atoms with Crippen molar-refractivity contribution in [2.75, 3.05) is 14.2 Å². The summed E-state index contributed by atoms with van der Waals surface area (Å²) in [6, 6.07) is 9.43. The summed E-state index contributed by atoms with van der Waals surface area (Å²) < 4.78 is 10.9. The van der Waals surface area contributed by atoms with Gasteiger partial charge in [0.25, 0.3) is 5.91 Å². The van der Waals surface area contributed by atoms with Crippen LogP contribution in [0.15, 0.2) is 46.0 Å². The van der Waals surface area contributed by atoms with Crippen molar-refractivity contribution in [2.45, 2.75) is 0 Å². The molecule has 0 aliphatic carbocycles. The molecule has 2 aromatic rings. The fourth-order valence-electron chi connectivity index (χ4n) is 2.00.